The van der Waals surface area contributed by atoms with Crippen LogP contribution in [-0.2, 0) is 22.5 Å². The fourth-order valence-electron chi connectivity index (χ4n) is 6.27. The Bertz CT molecular complexity index is 839. The normalized spacial score (nSPS) is 40.8. The molecular weight excluding hydrogens is 380 g/mol. The van der Waals surface area contributed by atoms with Crippen molar-refractivity contribution >= 4 is 0 Å². The van der Waals surface area contributed by atoms with Gasteiger partial charge in [0.25, 0.3) is 0 Å². The average Bonchev–Trinajstić information content (AvgIpc) is 3.09. The zero-order valence-electron chi connectivity index (χ0n) is 19.5. The minimum absolute atomic E-state index is 0.0818. The van der Waals surface area contributed by atoms with Gasteiger partial charge in [0.2, 0.25) is 0 Å². The van der Waals surface area contributed by atoms with Crippen molar-refractivity contribution in [1.82, 2.24) is 0 Å². The number of furan rings is 1. The molecule has 30 heavy (non-hydrogen) atoms. The monoisotopic (exact) mass is 418 g/mol. The van der Waals surface area contributed by atoms with Gasteiger partial charge in [0.1, 0.15) is 29.7 Å². The number of aliphatic hydroxyl groups is 2. The number of hydrogen-bond acceptors (Lipinski definition) is 5. The Labute approximate surface area is 180 Å². The third-order valence-corrected chi connectivity index (χ3v) is 8.33. The third-order valence-electron chi connectivity index (χ3n) is 8.33. The number of fused-ring (bicyclic) bond motifs is 5. The summed E-state index contributed by atoms with van der Waals surface area (Å²) >= 11 is 0. The van der Waals surface area contributed by atoms with Gasteiger partial charge in [-0.3, -0.25) is 0 Å². The third kappa shape index (κ3) is 2.89. The molecule has 0 spiro atoms. The van der Waals surface area contributed by atoms with Crippen molar-refractivity contribution in [3.05, 3.63) is 34.8 Å². The van der Waals surface area contributed by atoms with E-state index in [1.54, 1.807) is 0 Å². The Morgan fingerprint density at radius 1 is 1.23 bits per heavy atom. The largest absolute Gasteiger partial charge is 0.466 e. The van der Waals surface area contributed by atoms with E-state index < -0.39 is 17.3 Å². The first-order chi connectivity index (χ1) is 14.0. The molecule has 1 fully saturated rings. The predicted octanol–water partition coefficient (Wildman–Crippen LogP) is 4.35. The number of hydrogen-bond donors (Lipinski definition) is 2. The van der Waals surface area contributed by atoms with Gasteiger partial charge in [-0.25, -0.2) is 0 Å². The molecule has 168 valence electrons. The fourth-order valence-corrected chi connectivity index (χ4v) is 6.27. The second-order valence-corrected chi connectivity index (χ2v) is 10.7. The van der Waals surface area contributed by atoms with Gasteiger partial charge in [-0.05, 0) is 50.7 Å². The van der Waals surface area contributed by atoms with Crippen molar-refractivity contribution in [2.75, 3.05) is 6.61 Å². The van der Waals surface area contributed by atoms with Gasteiger partial charge in [-0.1, -0.05) is 33.8 Å². The molecule has 2 heterocycles. The molecule has 1 aromatic heterocycles. The van der Waals surface area contributed by atoms with Crippen LogP contribution in [0.1, 0.15) is 77.7 Å². The molecule has 1 saturated heterocycles. The van der Waals surface area contributed by atoms with Gasteiger partial charge < -0.3 is 24.1 Å². The Hall–Kier alpha value is -1.14. The number of rotatable bonds is 4. The summed E-state index contributed by atoms with van der Waals surface area (Å²) in [6.07, 6.45) is 5.14. The van der Waals surface area contributed by atoms with Crippen LogP contribution in [0.25, 0.3) is 0 Å². The van der Waals surface area contributed by atoms with E-state index in [0.717, 1.165) is 24.2 Å². The van der Waals surface area contributed by atoms with Crippen molar-refractivity contribution in [2.24, 2.45) is 17.3 Å². The van der Waals surface area contributed by atoms with E-state index in [1.165, 1.54) is 11.1 Å². The highest BCUT2D eigenvalue weighted by Gasteiger charge is 2.63. The van der Waals surface area contributed by atoms with Gasteiger partial charge >= 0.3 is 0 Å². The lowest BCUT2D eigenvalue weighted by Gasteiger charge is -2.61. The molecule has 2 N–H and O–H groups in total. The van der Waals surface area contributed by atoms with Gasteiger partial charge in [0.05, 0.1) is 19.0 Å². The van der Waals surface area contributed by atoms with Crippen molar-refractivity contribution < 1.29 is 24.1 Å². The molecule has 4 rings (SSSR count). The molecule has 2 aliphatic carbocycles. The SMILES string of the molecule is CC(C)OCc1occ2c1CCC1(C)C3=CC(C)C(O)(C(C)C)C(O)C3(C)OCC21. The molecule has 0 bridgehead atoms. The summed E-state index contributed by atoms with van der Waals surface area (Å²) in [5.41, 5.74) is 1.35. The summed E-state index contributed by atoms with van der Waals surface area (Å²) in [5.74, 6) is 0.855. The minimum atomic E-state index is -1.21. The van der Waals surface area contributed by atoms with Crippen LogP contribution < -0.4 is 0 Å². The van der Waals surface area contributed by atoms with E-state index in [4.69, 9.17) is 13.9 Å². The van der Waals surface area contributed by atoms with E-state index in [0.29, 0.717) is 13.2 Å². The molecule has 0 amide bonds. The van der Waals surface area contributed by atoms with Gasteiger partial charge in [0.15, 0.2) is 0 Å². The Balaban J connectivity index is 1.73. The summed E-state index contributed by atoms with van der Waals surface area (Å²) in [4.78, 5) is 0. The van der Waals surface area contributed by atoms with Gasteiger partial charge in [-0.15, -0.1) is 0 Å². The molecule has 6 atom stereocenters. The van der Waals surface area contributed by atoms with Crippen molar-refractivity contribution in [3.63, 3.8) is 0 Å². The minimum Gasteiger partial charge on any atom is -0.466 e. The summed E-state index contributed by atoms with van der Waals surface area (Å²) in [7, 11) is 0. The second kappa shape index (κ2) is 7.19. The first-order valence-electron chi connectivity index (χ1n) is 11.4. The number of ether oxygens (including phenoxy) is 2. The van der Waals surface area contributed by atoms with Crippen LogP contribution in [0.4, 0.5) is 0 Å². The van der Waals surface area contributed by atoms with E-state index in [2.05, 4.69) is 13.0 Å². The standard InChI is InChI=1S/C25H38O5/c1-14(2)25(27)16(5)10-21-23(6)9-8-17-18(11-29-20(17)13-28-15(3)4)19(23)12-30-24(21,7)22(25)26/h10-11,14-16,19,22,26-27H,8-9,12-13H2,1-7H3. The molecule has 1 aromatic rings. The average molecular weight is 419 g/mol. The molecule has 5 nitrogen and oxygen atoms in total. The summed E-state index contributed by atoms with van der Waals surface area (Å²) in [5, 5.41) is 22.8. The van der Waals surface area contributed by atoms with E-state index in [1.807, 2.05) is 47.8 Å². The predicted molar refractivity (Wildman–Crippen MR) is 115 cm³/mol. The molecule has 0 saturated carbocycles. The van der Waals surface area contributed by atoms with Crippen LogP contribution in [0.2, 0.25) is 0 Å². The van der Waals surface area contributed by atoms with E-state index in [-0.39, 0.29) is 29.3 Å². The first-order valence-corrected chi connectivity index (χ1v) is 11.4. The molecule has 6 unspecified atom stereocenters. The van der Waals surface area contributed by atoms with E-state index in [9.17, 15) is 10.2 Å². The maximum atomic E-state index is 11.4. The quantitative estimate of drug-likeness (QED) is 0.711. The lowest BCUT2D eigenvalue weighted by Crippen LogP contribution is -2.68. The Kier molecular flexibility index (Phi) is 5.29. The van der Waals surface area contributed by atoms with Crippen LogP contribution in [0.3, 0.4) is 0 Å². The Morgan fingerprint density at radius 3 is 2.57 bits per heavy atom. The maximum absolute atomic E-state index is 11.4. The molecular formula is C25H38O5. The summed E-state index contributed by atoms with van der Waals surface area (Å²) in [6, 6.07) is 0. The summed E-state index contributed by atoms with van der Waals surface area (Å²) < 4.78 is 18.2. The molecule has 5 heteroatoms. The van der Waals surface area contributed by atoms with Crippen LogP contribution in [-0.4, -0.2) is 40.2 Å². The highest BCUT2D eigenvalue weighted by atomic mass is 16.5. The van der Waals surface area contributed by atoms with Crippen molar-refractivity contribution in [1.29, 1.82) is 0 Å². The lowest BCUT2D eigenvalue weighted by molar-refractivity contribution is -0.230. The van der Waals surface area contributed by atoms with Crippen LogP contribution >= 0.6 is 0 Å². The zero-order valence-corrected chi connectivity index (χ0v) is 19.5. The molecule has 3 aliphatic rings. The first kappa shape index (κ1) is 22.1. The number of aliphatic hydroxyl groups excluding tert-OH is 1. The fraction of sp³-hybridized carbons (Fsp3) is 0.760. The molecule has 0 radical (unpaired) electrons. The summed E-state index contributed by atoms with van der Waals surface area (Å²) in [6.45, 7) is 15.3. The highest BCUT2D eigenvalue weighted by Crippen LogP contribution is 2.61. The van der Waals surface area contributed by atoms with Crippen LogP contribution in [0.15, 0.2) is 22.3 Å². The molecule has 0 aromatic carbocycles. The smallest absolute Gasteiger partial charge is 0.132 e. The van der Waals surface area contributed by atoms with Crippen LogP contribution in [0, 0.1) is 17.3 Å². The topological polar surface area (TPSA) is 72.1 Å². The Morgan fingerprint density at radius 2 is 1.93 bits per heavy atom. The highest BCUT2D eigenvalue weighted by molar-refractivity contribution is 5.45. The molecule has 1 aliphatic heterocycles. The van der Waals surface area contributed by atoms with Crippen molar-refractivity contribution in [3.8, 4) is 0 Å². The zero-order chi connectivity index (χ0) is 22.1. The van der Waals surface area contributed by atoms with Gasteiger partial charge in [0, 0.05) is 22.8 Å². The van der Waals surface area contributed by atoms with Gasteiger partial charge in [-0.2, -0.15) is 0 Å². The van der Waals surface area contributed by atoms with E-state index >= 15 is 0 Å². The van der Waals surface area contributed by atoms with Crippen LogP contribution in [0.5, 0.6) is 0 Å². The lowest BCUT2D eigenvalue weighted by atomic mass is 9.52. The maximum Gasteiger partial charge on any atom is 0.132 e. The second-order valence-electron chi connectivity index (χ2n) is 10.7. The van der Waals surface area contributed by atoms with Crippen molar-refractivity contribution in [2.45, 2.75) is 97.2 Å².